The average Bonchev–Trinajstić information content (AvgIpc) is 2.91. The Morgan fingerprint density at radius 3 is 2.33 bits per heavy atom. The minimum absolute atomic E-state index is 0.0213. The normalized spacial score (nSPS) is 19.6. The largest absolute Gasteiger partial charge is 0.370 e. The molecule has 5 N–H and O–H groups in total. The zero-order chi connectivity index (χ0) is 27.8. The molecule has 39 heavy (non-hydrogen) atoms. The maximum Gasteiger partial charge on any atom is 0.241 e. The van der Waals surface area contributed by atoms with E-state index >= 15 is 0 Å². The average molecular weight is 557 g/mol. The van der Waals surface area contributed by atoms with Crippen molar-refractivity contribution in [3.05, 3.63) is 42.5 Å². The van der Waals surface area contributed by atoms with Crippen LogP contribution in [0.4, 0.5) is 0 Å². The number of benzene rings is 2. The molecule has 4 rings (SSSR count). The fraction of sp³-hybridized carbons (Fsp3) is 0.536. The quantitative estimate of drug-likeness (QED) is 0.290. The molecule has 2 aromatic rings. The lowest BCUT2D eigenvalue weighted by atomic mass is 9.98. The van der Waals surface area contributed by atoms with Gasteiger partial charge in [0.1, 0.15) is 6.04 Å². The summed E-state index contributed by atoms with van der Waals surface area (Å²) in [6.07, 6.45) is 6.38. The molecule has 0 radical (unpaired) electrons. The molecule has 0 saturated carbocycles. The third-order valence-electron chi connectivity index (χ3n) is 7.63. The summed E-state index contributed by atoms with van der Waals surface area (Å²) in [4.78, 5) is 30.2. The highest BCUT2D eigenvalue weighted by molar-refractivity contribution is 7.89. The molecule has 2 atom stereocenters. The van der Waals surface area contributed by atoms with Gasteiger partial charge in [-0.2, -0.15) is 4.72 Å². The first-order chi connectivity index (χ1) is 18.7. The van der Waals surface area contributed by atoms with Crippen LogP contribution in [0.1, 0.15) is 51.4 Å². The Labute approximate surface area is 230 Å². The monoisotopic (exact) mass is 556 g/mol. The molecule has 2 amide bonds. The number of nitrogens with one attached hydrogen (secondary N) is 3. The second-order valence-corrected chi connectivity index (χ2v) is 12.3. The van der Waals surface area contributed by atoms with E-state index in [9.17, 15) is 18.0 Å². The molecule has 2 saturated heterocycles. The number of sulfonamides is 1. The molecular formula is C28H40N6O4S. The Morgan fingerprint density at radius 2 is 1.62 bits per heavy atom. The number of guanidine groups is 1. The Balaban J connectivity index is 1.48. The maximum absolute atomic E-state index is 13.6. The molecule has 2 aliphatic heterocycles. The van der Waals surface area contributed by atoms with Gasteiger partial charge in [0, 0.05) is 32.7 Å². The van der Waals surface area contributed by atoms with Crippen LogP contribution in [0.5, 0.6) is 0 Å². The molecule has 0 bridgehead atoms. The van der Waals surface area contributed by atoms with E-state index in [4.69, 9.17) is 11.1 Å². The standard InChI is InChI=1S/C28H40N6O4S/c29-28(30)34-16-8-9-21(20-34)19-31-26(35)18-25(27(36)33-14-6-2-1-3-7-15-33)32-39(37,38)24-13-12-22-10-4-5-11-23(22)17-24/h4-5,10-13,17,21,25,32H,1-3,6-9,14-16,18-20H2,(H3,29,30)(H,31,35)/t21-,25-/m0/s1. The van der Waals surface area contributed by atoms with Crippen molar-refractivity contribution >= 4 is 38.6 Å². The first-order valence-electron chi connectivity index (χ1n) is 13.9. The summed E-state index contributed by atoms with van der Waals surface area (Å²) in [5, 5.41) is 12.2. The van der Waals surface area contributed by atoms with Gasteiger partial charge in [0.25, 0.3) is 0 Å². The van der Waals surface area contributed by atoms with Crippen molar-refractivity contribution in [1.29, 1.82) is 5.41 Å². The number of fused-ring (bicyclic) bond motifs is 1. The molecule has 2 aliphatic rings. The number of amides is 2. The second kappa shape index (κ2) is 13.3. The summed E-state index contributed by atoms with van der Waals surface area (Å²) >= 11 is 0. The first-order valence-corrected chi connectivity index (χ1v) is 15.4. The summed E-state index contributed by atoms with van der Waals surface area (Å²) in [6.45, 7) is 2.79. The van der Waals surface area contributed by atoms with Gasteiger partial charge in [-0.3, -0.25) is 15.0 Å². The van der Waals surface area contributed by atoms with Gasteiger partial charge in [-0.05, 0) is 54.5 Å². The molecule has 2 heterocycles. The van der Waals surface area contributed by atoms with Crippen LogP contribution in [0.3, 0.4) is 0 Å². The van der Waals surface area contributed by atoms with Gasteiger partial charge < -0.3 is 20.9 Å². The van der Waals surface area contributed by atoms with Gasteiger partial charge in [0.15, 0.2) is 5.96 Å². The van der Waals surface area contributed by atoms with Crippen molar-refractivity contribution in [2.45, 2.75) is 62.3 Å². The van der Waals surface area contributed by atoms with Crippen LogP contribution in [-0.2, 0) is 19.6 Å². The zero-order valence-corrected chi connectivity index (χ0v) is 23.2. The fourth-order valence-electron chi connectivity index (χ4n) is 5.42. The van der Waals surface area contributed by atoms with Gasteiger partial charge in [-0.15, -0.1) is 0 Å². The highest BCUT2D eigenvalue weighted by Gasteiger charge is 2.32. The number of hydrogen-bond acceptors (Lipinski definition) is 5. The molecule has 2 fully saturated rings. The van der Waals surface area contributed by atoms with Crippen molar-refractivity contribution in [2.24, 2.45) is 11.7 Å². The molecule has 212 valence electrons. The molecule has 10 nitrogen and oxygen atoms in total. The zero-order valence-electron chi connectivity index (χ0n) is 22.4. The Kier molecular flexibility index (Phi) is 9.79. The van der Waals surface area contributed by atoms with Crippen molar-refractivity contribution in [3.63, 3.8) is 0 Å². The number of likely N-dealkylation sites (tertiary alicyclic amines) is 2. The molecule has 0 aliphatic carbocycles. The first kappa shape index (κ1) is 28.8. The van der Waals surface area contributed by atoms with Crippen LogP contribution < -0.4 is 15.8 Å². The van der Waals surface area contributed by atoms with E-state index in [1.807, 2.05) is 24.3 Å². The van der Waals surface area contributed by atoms with Crippen LogP contribution in [0.15, 0.2) is 47.4 Å². The summed E-state index contributed by atoms with van der Waals surface area (Å²) < 4.78 is 29.4. The molecule has 2 aromatic carbocycles. The number of piperidine rings is 1. The Bertz CT molecular complexity index is 1280. The number of nitrogens with zero attached hydrogens (tertiary/aromatic N) is 2. The molecular weight excluding hydrogens is 516 g/mol. The summed E-state index contributed by atoms with van der Waals surface area (Å²) in [5.41, 5.74) is 5.63. The van der Waals surface area contributed by atoms with Crippen LogP contribution in [0.2, 0.25) is 0 Å². The molecule has 0 unspecified atom stereocenters. The molecule has 11 heteroatoms. The number of nitrogens with two attached hydrogens (primary N) is 1. The van der Waals surface area contributed by atoms with E-state index in [0.29, 0.717) is 26.2 Å². The van der Waals surface area contributed by atoms with E-state index in [1.165, 1.54) is 6.07 Å². The third-order valence-corrected chi connectivity index (χ3v) is 9.10. The lowest BCUT2D eigenvalue weighted by Crippen LogP contribution is -2.51. The predicted molar refractivity (Wildman–Crippen MR) is 152 cm³/mol. The number of carbonyl (C=O) groups excluding carboxylic acids is 2. The summed E-state index contributed by atoms with van der Waals surface area (Å²) in [7, 11) is -4.07. The number of hydrogen-bond donors (Lipinski definition) is 4. The Hall–Kier alpha value is -3.18. The number of rotatable bonds is 8. The van der Waals surface area contributed by atoms with Crippen LogP contribution >= 0.6 is 0 Å². The summed E-state index contributed by atoms with van der Waals surface area (Å²) in [5.74, 6) is -0.601. The van der Waals surface area contributed by atoms with Gasteiger partial charge in [-0.1, -0.05) is 49.6 Å². The lowest BCUT2D eigenvalue weighted by molar-refractivity contribution is -0.136. The highest BCUT2D eigenvalue weighted by Crippen LogP contribution is 2.20. The van der Waals surface area contributed by atoms with E-state index in [-0.39, 0.29) is 35.0 Å². The van der Waals surface area contributed by atoms with Crippen molar-refractivity contribution < 1.29 is 18.0 Å². The van der Waals surface area contributed by atoms with Crippen molar-refractivity contribution in [3.8, 4) is 0 Å². The second-order valence-electron chi connectivity index (χ2n) is 10.6. The minimum atomic E-state index is -4.07. The van der Waals surface area contributed by atoms with E-state index in [0.717, 1.165) is 62.3 Å². The highest BCUT2D eigenvalue weighted by atomic mass is 32.2. The van der Waals surface area contributed by atoms with Crippen LogP contribution in [0.25, 0.3) is 10.8 Å². The third kappa shape index (κ3) is 7.92. The van der Waals surface area contributed by atoms with Gasteiger partial charge in [0.2, 0.25) is 21.8 Å². The predicted octanol–water partition coefficient (Wildman–Crippen LogP) is 2.39. The minimum Gasteiger partial charge on any atom is -0.370 e. The fourth-order valence-corrected chi connectivity index (χ4v) is 6.65. The van der Waals surface area contributed by atoms with Gasteiger partial charge >= 0.3 is 0 Å². The van der Waals surface area contributed by atoms with E-state index in [2.05, 4.69) is 10.0 Å². The SMILES string of the molecule is N=C(N)N1CCC[C@@H](CNC(=O)C[C@H](NS(=O)(=O)c2ccc3ccccc3c2)C(=O)N2CCCCCCC2)C1. The van der Waals surface area contributed by atoms with Gasteiger partial charge in [0.05, 0.1) is 11.3 Å². The van der Waals surface area contributed by atoms with Crippen molar-refractivity contribution in [1.82, 2.24) is 19.8 Å². The summed E-state index contributed by atoms with van der Waals surface area (Å²) in [6, 6.07) is 11.1. The number of carbonyl (C=O) groups is 2. The molecule has 0 aromatic heterocycles. The topological polar surface area (TPSA) is 149 Å². The molecule has 0 spiro atoms. The van der Waals surface area contributed by atoms with E-state index in [1.54, 1.807) is 21.9 Å². The van der Waals surface area contributed by atoms with Crippen molar-refractivity contribution in [2.75, 3.05) is 32.7 Å². The van der Waals surface area contributed by atoms with Crippen LogP contribution in [0, 0.1) is 11.3 Å². The van der Waals surface area contributed by atoms with Crippen LogP contribution in [-0.4, -0.2) is 74.8 Å². The smallest absolute Gasteiger partial charge is 0.241 e. The maximum atomic E-state index is 13.6. The van der Waals surface area contributed by atoms with E-state index < -0.39 is 16.1 Å². The van der Waals surface area contributed by atoms with Gasteiger partial charge in [-0.25, -0.2) is 8.42 Å². The lowest BCUT2D eigenvalue weighted by Gasteiger charge is -2.33. The Morgan fingerprint density at radius 1 is 0.949 bits per heavy atom.